The van der Waals surface area contributed by atoms with Crippen molar-refractivity contribution in [2.45, 2.75) is 0 Å². The molecular formula is C60H39N3S2. The number of anilines is 6. The fourth-order valence-electron chi connectivity index (χ4n) is 9.78. The number of nitrogens with zero attached hydrogens (tertiary/aromatic N) is 3. The van der Waals surface area contributed by atoms with Gasteiger partial charge < -0.3 is 14.4 Å². The second kappa shape index (κ2) is 15.4. The van der Waals surface area contributed by atoms with E-state index >= 15 is 0 Å². The molecule has 0 saturated heterocycles. The second-order valence-corrected chi connectivity index (χ2v) is 18.7. The Bertz CT molecular complexity index is 3730. The van der Waals surface area contributed by atoms with E-state index in [0.717, 1.165) is 50.9 Å². The van der Waals surface area contributed by atoms with Gasteiger partial charge in [-0.1, -0.05) is 115 Å². The average Bonchev–Trinajstić information content (AvgIpc) is 4.04. The maximum absolute atomic E-state index is 2.43. The number of rotatable bonds is 8. The Morgan fingerprint density at radius 1 is 0.262 bits per heavy atom. The predicted molar refractivity (Wildman–Crippen MR) is 281 cm³/mol. The number of thiophene rings is 2. The van der Waals surface area contributed by atoms with Gasteiger partial charge in [0.25, 0.3) is 0 Å². The van der Waals surface area contributed by atoms with Crippen LogP contribution in [0.5, 0.6) is 0 Å². The molecular weight excluding hydrogens is 827 g/mol. The van der Waals surface area contributed by atoms with E-state index in [1.807, 2.05) is 22.7 Å². The largest absolute Gasteiger partial charge is 0.310 e. The number of hydrogen-bond donors (Lipinski definition) is 0. The van der Waals surface area contributed by atoms with Crippen molar-refractivity contribution in [3.05, 3.63) is 237 Å². The van der Waals surface area contributed by atoms with Crippen LogP contribution in [0.2, 0.25) is 0 Å². The molecule has 0 atom stereocenters. The molecule has 0 unspecified atom stereocenters. The molecule has 3 heterocycles. The topological polar surface area (TPSA) is 11.4 Å². The smallest absolute Gasteiger partial charge is 0.0541 e. The van der Waals surface area contributed by atoms with Crippen LogP contribution in [0.4, 0.5) is 34.1 Å². The fraction of sp³-hybridized carbons (Fsp3) is 0. The summed E-state index contributed by atoms with van der Waals surface area (Å²) in [6.07, 6.45) is 0. The standard InChI is InChI=1S/C60H39N3S2/c1-4-16-42(17-5-1)61(45-29-32-59-53(38-45)50-23-11-14-26-57(50)64-59)47-34-41(40-28-31-56-52(36-40)49-22-10-13-25-55(49)63(56)44-20-8-3-9-21-44)35-48(37-47)62(43-18-6-2-7-19-43)46-30-33-60-54(39-46)51-24-12-15-27-58(51)65-60/h1-39H. The number of fused-ring (bicyclic) bond motifs is 9. The molecule has 3 aromatic heterocycles. The summed E-state index contributed by atoms with van der Waals surface area (Å²) in [5.41, 5.74) is 12.3. The zero-order valence-electron chi connectivity index (χ0n) is 35.2. The Morgan fingerprint density at radius 2 is 0.723 bits per heavy atom. The Hall–Kier alpha value is -7.96. The first-order valence-corrected chi connectivity index (χ1v) is 23.6. The van der Waals surface area contributed by atoms with Gasteiger partial charge in [-0.3, -0.25) is 0 Å². The molecule has 0 radical (unpaired) electrons. The van der Waals surface area contributed by atoms with Crippen molar-refractivity contribution in [3.63, 3.8) is 0 Å². The minimum absolute atomic E-state index is 1.07. The molecule has 306 valence electrons. The van der Waals surface area contributed by atoms with Crippen LogP contribution in [-0.4, -0.2) is 4.57 Å². The van der Waals surface area contributed by atoms with E-state index < -0.39 is 0 Å². The molecule has 0 spiro atoms. The summed E-state index contributed by atoms with van der Waals surface area (Å²) >= 11 is 3.71. The summed E-state index contributed by atoms with van der Waals surface area (Å²) in [6.45, 7) is 0. The molecule has 13 aromatic rings. The van der Waals surface area contributed by atoms with Gasteiger partial charge in [0.2, 0.25) is 0 Å². The van der Waals surface area contributed by atoms with Crippen molar-refractivity contribution in [2.24, 2.45) is 0 Å². The molecule has 65 heavy (non-hydrogen) atoms. The molecule has 13 rings (SSSR count). The molecule has 0 amide bonds. The highest BCUT2D eigenvalue weighted by atomic mass is 32.1. The summed E-state index contributed by atoms with van der Waals surface area (Å²) in [5.74, 6) is 0. The number of aromatic nitrogens is 1. The first-order valence-electron chi connectivity index (χ1n) is 22.0. The normalized spacial score (nSPS) is 11.7. The van der Waals surface area contributed by atoms with Gasteiger partial charge >= 0.3 is 0 Å². The third-order valence-electron chi connectivity index (χ3n) is 12.7. The number of hydrogen-bond acceptors (Lipinski definition) is 4. The van der Waals surface area contributed by atoms with Crippen LogP contribution in [0, 0.1) is 0 Å². The number of benzene rings is 10. The zero-order valence-corrected chi connectivity index (χ0v) is 36.8. The van der Waals surface area contributed by atoms with Crippen LogP contribution in [0.15, 0.2) is 237 Å². The van der Waals surface area contributed by atoms with E-state index in [2.05, 4.69) is 251 Å². The number of para-hydroxylation sites is 4. The van der Waals surface area contributed by atoms with Crippen molar-refractivity contribution < 1.29 is 0 Å². The molecule has 0 aliphatic rings. The highest BCUT2D eigenvalue weighted by Crippen LogP contribution is 2.47. The first kappa shape index (κ1) is 37.6. The SMILES string of the molecule is c1ccc(N(c2cc(-c3ccc4c(c3)c3ccccc3n4-c3ccccc3)cc(N(c3ccccc3)c3ccc4sc5ccccc5c4c3)c2)c2ccc3sc4ccccc4c3c2)cc1. The summed E-state index contributed by atoms with van der Waals surface area (Å²) in [7, 11) is 0. The monoisotopic (exact) mass is 865 g/mol. The van der Waals surface area contributed by atoms with Crippen LogP contribution in [0.3, 0.4) is 0 Å². The zero-order chi connectivity index (χ0) is 42.8. The minimum Gasteiger partial charge on any atom is -0.310 e. The third-order valence-corrected chi connectivity index (χ3v) is 15.0. The van der Waals surface area contributed by atoms with E-state index in [4.69, 9.17) is 0 Å². The quantitative estimate of drug-likeness (QED) is 0.151. The maximum atomic E-state index is 2.43. The van der Waals surface area contributed by atoms with Crippen molar-refractivity contribution in [2.75, 3.05) is 9.80 Å². The summed E-state index contributed by atoms with van der Waals surface area (Å²) < 4.78 is 7.55. The molecule has 3 nitrogen and oxygen atoms in total. The van der Waals surface area contributed by atoms with E-state index in [-0.39, 0.29) is 0 Å². The third kappa shape index (κ3) is 6.39. The van der Waals surface area contributed by atoms with Crippen LogP contribution in [0.1, 0.15) is 0 Å². The van der Waals surface area contributed by atoms with Crippen LogP contribution in [-0.2, 0) is 0 Å². The van der Waals surface area contributed by atoms with E-state index in [1.54, 1.807) is 0 Å². The molecule has 0 aliphatic carbocycles. The van der Waals surface area contributed by atoms with Gasteiger partial charge in [0.1, 0.15) is 0 Å². The fourth-order valence-corrected chi connectivity index (χ4v) is 12.0. The highest BCUT2D eigenvalue weighted by Gasteiger charge is 2.22. The van der Waals surface area contributed by atoms with E-state index in [1.165, 1.54) is 62.2 Å². The van der Waals surface area contributed by atoms with Crippen LogP contribution in [0.25, 0.3) is 79.0 Å². The molecule has 0 aliphatic heterocycles. The molecule has 0 bridgehead atoms. The lowest BCUT2D eigenvalue weighted by Gasteiger charge is -2.30. The Labute approximate surface area is 384 Å². The van der Waals surface area contributed by atoms with Gasteiger partial charge in [0, 0.05) is 90.9 Å². The lowest BCUT2D eigenvalue weighted by Crippen LogP contribution is -2.13. The summed E-state index contributed by atoms with van der Waals surface area (Å²) in [5, 5.41) is 7.55. The maximum Gasteiger partial charge on any atom is 0.0541 e. The van der Waals surface area contributed by atoms with Gasteiger partial charge in [-0.05, 0) is 132 Å². The van der Waals surface area contributed by atoms with Gasteiger partial charge in [-0.25, -0.2) is 0 Å². The predicted octanol–water partition coefficient (Wildman–Crippen LogP) is 18.1. The van der Waals surface area contributed by atoms with Gasteiger partial charge in [0.15, 0.2) is 0 Å². The van der Waals surface area contributed by atoms with E-state index in [0.29, 0.717) is 0 Å². The minimum atomic E-state index is 1.07. The Balaban J connectivity index is 1.08. The van der Waals surface area contributed by atoms with Gasteiger partial charge in [0.05, 0.1) is 11.0 Å². The summed E-state index contributed by atoms with van der Waals surface area (Å²) in [4.78, 5) is 4.86. The molecule has 0 fully saturated rings. The van der Waals surface area contributed by atoms with Crippen molar-refractivity contribution in [3.8, 4) is 16.8 Å². The van der Waals surface area contributed by atoms with Gasteiger partial charge in [-0.15, -0.1) is 22.7 Å². The Morgan fingerprint density at radius 3 is 1.29 bits per heavy atom. The van der Waals surface area contributed by atoms with Crippen molar-refractivity contribution in [1.29, 1.82) is 0 Å². The van der Waals surface area contributed by atoms with Crippen LogP contribution < -0.4 is 9.80 Å². The summed E-state index contributed by atoms with van der Waals surface area (Å²) in [6, 6.07) is 86.7. The van der Waals surface area contributed by atoms with Crippen LogP contribution >= 0.6 is 22.7 Å². The Kier molecular flexibility index (Phi) is 8.90. The second-order valence-electron chi connectivity index (χ2n) is 16.6. The highest BCUT2D eigenvalue weighted by molar-refractivity contribution is 7.26. The first-order chi connectivity index (χ1) is 32.2. The lowest BCUT2D eigenvalue weighted by atomic mass is 9.99. The molecule has 10 aromatic carbocycles. The molecule has 0 N–H and O–H groups in total. The molecule has 5 heteroatoms. The lowest BCUT2D eigenvalue weighted by molar-refractivity contribution is 1.18. The molecule has 0 saturated carbocycles. The van der Waals surface area contributed by atoms with Crippen molar-refractivity contribution >= 4 is 119 Å². The van der Waals surface area contributed by atoms with Crippen molar-refractivity contribution in [1.82, 2.24) is 4.57 Å². The van der Waals surface area contributed by atoms with E-state index in [9.17, 15) is 0 Å². The average molecular weight is 866 g/mol. The van der Waals surface area contributed by atoms with Gasteiger partial charge in [-0.2, -0.15) is 0 Å².